The first-order chi connectivity index (χ1) is 15.6. The molecule has 3 aromatic carbocycles. The van der Waals surface area contributed by atoms with Crippen molar-refractivity contribution in [2.45, 2.75) is 20.1 Å². The van der Waals surface area contributed by atoms with Crippen LogP contribution in [-0.4, -0.2) is 19.0 Å². The maximum absolute atomic E-state index is 11.7. The maximum atomic E-state index is 11.7. The van der Waals surface area contributed by atoms with Gasteiger partial charge in [-0.1, -0.05) is 48.5 Å². The smallest absolute Gasteiger partial charge is 0.363 e. The molecule has 32 heavy (non-hydrogen) atoms. The van der Waals surface area contributed by atoms with Gasteiger partial charge in [-0.3, -0.25) is 0 Å². The zero-order chi connectivity index (χ0) is 22.3. The van der Waals surface area contributed by atoms with Gasteiger partial charge in [0.1, 0.15) is 19.0 Å². The van der Waals surface area contributed by atoms with Gasteiger partial charge in [-0.15, -0.1) is 0 Å². The summed E-state index contributed by atoms with van der Waals surface area (Å²) in [6.07, 6.45) is 1.68. The van der Waals surface area contributed by atoms with Crippen molar-refractivity contribution in [2.75, 3.05) is 7.11 Å². The molecule has 162 valence electrons. The fraction of sp³-hybridized carbons (Fsp3) is 0.154. The minimum Gasteiger partial charge on any atom is -0.493 e. The zero-order valence-electron chi connectivity index (χ0n) is 17.9. The van der Waals surface area contributed by atoms with Crippen LogP contribution in [0.5, 0.6) is 17.2 Å². The number of benzene rings is 3. The Hall–Kier alpha value is -4.06. The van der Waals surface area contributed by atoms with Gasteiger partial charge in [0.05, 0.1) is 7.11 Å². The number of methoxy groups -OCH3 is 1. The van der Waals surface area contributed by atoms with Crippen molar-refractivity contribution in [1.82, 2.24) is 0 Å². The molecule has 0 saturated carbocycles. The molecule has 0 atom stereocenters. The predicted molar refractivity (Wildman–Crippen MR) is 122 cm³/mol. The van der Waals surface area contributed by atoms with Crippen LogP contribution in [0.25, 0.3) is 6.08 Å². The van der Waals surface area contributed by atoms with Crippen LogP contribution in [0, 0.1) is 0 Å². The van der Waals surface area contributed by atoms with E-state index >= 15 is 0 Å². The lowest BCUT2D eigenvalue weighted by molar-refractivity contribution is -0.130. The first kappa shape index (κ1) is 21.2. The first-order valence-corrected chi connectivity index (χ1v) is 10.2. The highest BCUT2D eigenvalue weighted by Crippen LogP contribution is 2.29. The van der Waals surface area contributed by atoms with Crippen LogP contribution in [0.15, 0.2) is 83.5 Å². The Labute approximate surface area is 186 Å². The molecule has 3 aromatic rings. The van der Waals surface area contributed by atoms with Crippen LogP contribution in [0.2, 0.25) is 0 Å². The van der Waals surface area contributed by atoms with E-state index in [1.165, 1.54) is 0 Å². The molecule has 1 aliphatic rings. The van der Waals surface area contributed by atoms with Gasteiger partial charge in [0.25, 0.3) is 0 Å². The number of nitrogens with zero attached hydrogens (tertiary/aromatic N) is 1. The molecule has 6 heteroatoms. The second-order valence-electron chi connectivity index (χ2n) is 7.17. The fourth-order valence-electron chi connectivity index (χ4n) is 3.16. The van der Waals surface area contributed by atoms with Crippen LogP contribution in [0.4, 0.5) is 0 Å². The van der Waals surface area contributed by atoms with Crippen molar-refractivity contribution >= 4 is 17.9 Å². The predicted octanol–water partition coefficient (Wildman–Crippen LogP) is 5.17. The number of hydrogen-bond acceptors (Lipinski definition) is 6. The first-order valence-electron chi connectivity index (χ1n) is 10.2. The van der Waals surface area contributed by atoms with Gasteiger partial charge in [-0.2, -0.15) is 0 Å². The van der Waals surface area contributed by atoms with Crippen molar-refractivity contribution in [3.05, 3.63) is 95.2 Å². The highest BCUT2D eigenvalue weighted by molar-refractivity contribution is 6.06. The number of aliphatic imine (C=N–C) groups is 1. The second-order valence-corrected chi connectivity index (χ2v) is 7.17. The molecule has 0 aromatic heterocycles. The number of carbonyl (C=O) groups excluding carboxylic acids is 1. The second kappa shape index (κ2) is 9.83. The molecule has 0 unspecified atom stereocenters. The molecule has 0 spiro atoms. The Morgan fingerprint density at radius 1 is 0.875 bits per heavy atom. The molecule has 0 aliphatic carbocycles. The quantitative estimate of drug-likeness (QED) is 0.365. The number of rotatable bonds is 8. The Morgan fingerprint density at radius 3 is 2.31 bits per heavy atom. The van der Waals surface area contributed by atoms with Gasteiger partial charge in [0.15, 0.2) is 23.1 Å². The number of ether oxygens (including phenoxy) is 4. The largest absolute Gasteiger partial charge is 0.493 e. The summed E-state index contributed by atoms with van der Waals surface area (Å²) in [5.41, 5.74) is 3.17. The minimum absolute atomic E-state index is 0.290. The summed E-state index contributed by atoms with van der Waals surface area (Å²) >= 11 is 0. The van der Waals surface area contributed by atoms with Crippen LogP contribution >= 0.6 is 0 Å². The van der Waals surface area contributed by atoms with Gasteiger partial charge in [-0.05, 0) is 47.0 Å². The minimum atomic E-state index is -0.437. The molecule has 0 saturated heterocycles. The molecular formula is C26H23NO5. The zero-order valence-corrected chi connectivity index (χ0v) is 17.9. The summed E-state index contributed by atoms with van der Waals surface area (Å²) in [5, 5.41) is 0. The molecule has 6 nitrogen and oxygen atoms in total. The van der Waals surface area contributed by atoms with E-state index in [2.05, 4.69) is 4.99 Å². The van der Waals surface area contributed by atoms with E-state index in [0.29, 0.717) is 36.4 Å². The molecule has 0 amide bonds. The summed E-state index contributed by atoms with van der Waals surface area (Å²) in [6.45, 7) is 2.50. The topological polar surface area (TPSA) is 66.3 Å². The number of hydrogen-bond donors (Lipinski definition) is 0. The van der Waals surface area contributed by atoms with Crippen LogP contribution in [-0.2, 0) is 22.7 Å². The number of esters is 1. The Bertz CT molecular complexity index is 1150. The third kappa shape index (κ3) is 5.35. The van der Waals surface area contributed by atoms with Gasteiger partial charge in [0.2, 0.25) is 0 Å². The summed E-state index contributed by atoms with van der Waals surface area (Å²) in [7, 11) is 1.62. The van der Waals surface area contributed by atoms with Crippen LogP contribution < -0.4 is 14.2 Å². The molecule has 1 aliphatic heterocycles. The third-order valence-electron chi connectivity index (χ3n) is 4.78. The Balaban J connectivity index is 1.36. The van der Waals surface area contributed by atoms with Crippen molar-refractivity contribution in [2.24, 2.45) is 4.99 Å². The maximum Gasteiger partial charge on any atom is 0.363 e. The summed E-state index contributed by atoms with van der Waals surface area (Å²) < 4.78 is 22.2. The van der Waals surface area contributed by atoms with E-state index < -0.39 is 5.97 Å². The molecular weight excluding hydrogens is 406 g/mol. The number of carbonyl (C=O) groups is 1. The summed E-state index contributed by atoms with van der Waals surface area (Å²) in [4.78, 5) is 15.7. The third-order valence-corrected chi connectivity index (χ3v) is 4.78. The lowest BCUT2D eigenvalue weighted by Crippen LogP contribution is -2.00. The highest BCUT2D eigenvalue weighted by atomic mass is 16.6. The van der Waals surface area contributed by atoms with E-state index in [1.54, 1.807) is 20.1 Å². The van der Waals surface area contributed by atoms with E-state index in [4.69, 9.17) is 18.9 Å². The Morgan fingerprint density at radius 2 is 1.62 bits per heavy atom. The van der Waals surface area contributed by atoms with Crippen molar-refractivity contribution in [3.8, 4) is 17.2 Å². The summed E-state index contributed by atoms with van der Waals surface area (Å²) in [5.74, 6) is 1.97. The van der Waals surface area contributed by atoms with E-state index in [1.807, 2.05) is 72.8 Å². The fourth-order valence-corrected chi connectivity index (χ4v) is 3.16. The van der Waals surface area contributed by atoms with Gasteiger partial charge >= 0.3 is 5.97 Å². The van der Waals surface area contributed by atoms with Crippen LogP contribution in [0.1, 0.15) is 23.6 Å². The summed E-state index contributed by atoms with van der Waals surface area (Å²) in [6, 6.07) is 23.1. The van der Waals surface area contributed by atoms with Crippen molar-refractivity contribution in [1.29, 1.82) is 0 Å². The molecule has 1 heterocycles. The lowest BCUT2D eigenvalue weighted by Gasteiger charge is -2.13. The average Bonchev–Trinajstić information content (AvgIpc) is 3.14. The van der Waals surface area contributed by atoms with E-state index in [-0.39, 0.29) is 5.70 Å². The van der Waals surface area contributed by atoms with Gasteiger partial charge in [-0.25, -0.2) is 9.79 Å². The standard InChI is InChI=1S/C26H23NO5/c1-18-27-23(26(28)32-18)14-19-8-11-22(12-9-19)30-17-21-10-13-24(25(15-21)29-2)31-16-20-6-4-3-5-7-20/h3-15H,16-17H2,1-2H3/b23-14-. The van der Waals surface area contributed by atoms with Crippen molar-refractivity contribution in [3.63, 3.8) is 0 Å². The van der Waals surface area contributed by atoms with E-state index in [9.17, 15) is 4.79 Å². The van der Waals surface area contributed by atoms with E-state index in [0.717, 1.165) is 16.7 Å². The molecule has 0 N–H and O–H groups in total. The number of cyclic esters (lactones) is 1. The van der Waals surface area contributed by atoms with Crippen LogP contribution in [0.3, 0.4) is 0 Å². The van der Waals surface area contributed by atoms with Crippen molar-refractivity contribution < 1.29 is 23.7 Å². The molecule has 0 bridgehead atoms. The Kier molecular flexibility index (Phi) is 6.51. The monoisotopic (exact) mass is 429 g/mol. The average molecular weight is 429 g/mol. The SMILES string of the molecule is COc1cc(COc2ccc(/C=C3\N=C(C)OC3=O)cc2)ccc1OCc1ccccc1. The molecule has 0 radical (unpaired) electrons. The normalized spacial score (nSPS) is 14.1. The highest BCUT2D eigenvalue weighted by Gasteiger charge is 2.19. The lowest BCUT2D eigenvalue weighted by atomic mass is 10.2. The van der Waals surface area contributed by atoms with Gasteiger partial charge < -0.3 is 18.9 Å². The molecule has 4 rings (SSSR count). The van der Waals surface area contributed by atoms with Gasteiger partial charge in [0, 0.05) is 6.92 Å². The molecule has 0 fully saturated rings.